The molecule has 1 amide bonds. The minimum absolute atomic E-state index is 0.181. The summed E-state index contributed by atoms with van der Waals surface area (Å²) in [7, 11) is 4.04. The fourth-order valence-electron chi connectivity index (χ4n) is 3.05. The van der Waals surface area contributed by atoms with E-state index in [-0.39, 0.29) is 5.91 Å². The summed E-state index contributed by atoms with van der Waals surface area (Å²) in [6, 6.07) is 24.0. The predicted molar refractivity (Wildman–Crippen MR) is 129 cm³/mol. The highest BCUT2D eigenvalue weighted by atomic mass is 32.2. The summed E-state index contributed by atoms with van der Waals surface area (Å²) in [4.78, 5) is 14.7. The number of thioether (sulfide) groups is 1. The Morgan fingerprint density at radius 1 is 0.967 bits per heavy atom. The summed E-state index contributed by atoms with van der Waals surface area (Å²) >= 11 is 6.36. The highest BCUT2D eigenvalue weighted by Gasteiger charge is 2.22. The van der Waals surface area contributed by atoms with Gasteiger partial charge in [-0.15, -0.1) is 0 Å². The first-order chi connectivity index (χ1) is 14.5. The average molecular weight is 433 g/mol. The van der Waals surface area contributed by atoms with E-state index in [0.717, 1.165) is 28.1 Å². The van der Waals surface area contributed by atoms with Crippen molar-refractivity contribution in [3.63, 3.8) is 0 Å². The summed E-state index contributed by atoms with van der Waals surface area (Å²) in [5.74, 6) is 1.23. The van der Waals surface area contributed by atoms with Gasteiger partial charge in [-0.3, -0.25) is 4.79 Å². The monoisotopic (exact) mass is 432 g/mol. The molecule has 3 aromatic carbocycles. The second-order valence-corrected chi connectivity index (χ2v) is 8.68. The fourth-order valence-corrected chi connectivity index (χ4v) is 4.09. The van der Waals surface area contributed by atoms with Crippen LogP contribution in [0.1, 0.15) is 5.56 Å². The molecule has 0 radical (unpaired) electrons. The molecule has 0 unspecified atom stereocenters. The van der Waals surface area contributed by atoms with Crippen LogP contribution in [0.2, 0.25) is 0 Å². The number of carbonyl (C=O) groups is 1. The molecule has 0 bridgehead atoms. The number of nitrogens with one attached hydrogen (secondary N) is 1. The summed E-state index contributed by atoms with van der Waals surface area (Å²) in [5, 5.41) is 2.65. The molecule has 0 atom stereocenters. The van der Waals surface area contributed by atoms with Crippen molar-refractivity contribution in [3.05, 3.63) is 83.3 Å². The molecular weight excluding hydrogens is 412 g/mol. The van der Waals surface area contributed by atoms with Gasteiger partial charge >= 0.3 is 0 Å². The molecule has 1 heterocycles. The Morgan fingerprint density at radius 3 is 2.30 bits per heavy atom. The van der Waals surface area contributed by atoms with Gasteiger partial charge in [-0.1, -0.05) is 66.4 Å². The molecular formula is C24H20N2O2S2. The number of para-hydroxylation sites is 1. The van der Waals surface area contributed by atoms with Crippen molar-refractivity contribution in [2.75, 3.05) is 19.0 Å². The Hall–Kier alpha value is -3.09. The number of hydrogen-bond acceptors (Lipinski definition) is 5. The number of benzene rings is 3. The molecule has 0 aromatic heterocycles. The van der Waals surface area contributed by atoms with E-state index in [1.807, 2.05) is 68.7 Å². The van der Waals surface area contributed by atoms with Gasteiger partial charge in [0.05, 0.1) is 4.91 Å². The molecule has 1 N–H and O–H groups in total. The summed E-state index contributed by atoms with van der Waals surface area (Å²) < 4.78 is 6.65. The number of carbonyl (C=O) groups excluding carboxylic acids is 1. The number of ether oxygens (including phenoxy) is 1. The average Bonchev–Trinajstić information content (AvgIpc) is 3.06. The van der Waals surface area contributed by atoms with Crippen LogP contribution in [0.15, 0.2) is 77.7 Å². The number of nitrogens with zero attached hydrogens (tertiary/aromatic N) is 1. The molecule has 1 saturated heterocycles. The summed E-state index contributed by atoms with van der Waals surface area (Å²) in [6.45, 7) is 0. The lowest BCUT2D eigenvalue weighted by molar-refractivity contribution is -0.115. The molecule has 0 saturated carbocycles. The van der Waals surface area contributed by atoms with Crippen LogP contribution in [-0.4, -0.2) is 24.3 Å². The number of hydrogen-bond donors (Lipinski definition) is 1. The third-order valence-electron chi connectivity index (χ3n) is 4.63. The minimum Gasteiger partial charge on any atom is -0.457 e. The third-order valence-corrected chi connectivity index (χ3v) is 5.79. The van der Waals surface area contributed by atoms with Gasteiger partial charge in [-0.05, 0) is 47.5 Å². The van der Waals surface area contributed by atoms with Crippen LogP contribution in [0.25, 0.3) is 17.2 Å². The van der Waals surface area contributed by atoms with E-state index in [4.69, 9.17) is 17.0 Å². The van der Waals surface area contributed by atoms with Gasteiger partial charge in [0.2, 0.25) is 0 Å². The zero-order valence-electron chi connectivity index (χ0n) is 16.6. The lowest BCUT2D eigenvalue weighted by Crippen LogP contribution is -2.17. The van der Waals surface area contributed by atoms with E-state index in [2.05, 4.69) is 34.5 Å². The molecule has 4 nitrogen and oxygen atoms in total. The van der Waals surface area contributed by atoms with Crippen LogP contribution >= 0.6 is 24.0 Å². The highest BCUT2D eigenvalue weighted by molar-refractivity contribution is 8.26. The number of thiocarbonyl (C=S) groups is 1. The third kappa shape index (κ3) is 4.56. The first kappa shape index (κ1) is 20.2. The number of anilines is 1. The van der Waals surface area contributed by atoms with Crippen molar-refractivity contribution in [2.24, 2.45) is 0 Å². The maximum Gasteiger partial charge on any atom is 0.263 e. The van der Waals surface area contributed by atoms with Crippen molar-refractivity contribution >= 4 is 46.0 Å². The second kappa shape index (κ2) is 8.73. The molecule has 150 valence electrons. The fraction of sp³-hybridized carbons (Fsp3) is 0.0833. The van der Waals surface area contributed by atoms with E-state index in [9.17, 15) is 4.79 Å². The van der Waals surface area contributed by atoms with Crippen molar-refractivity contribution in [3.8, 4) is 22.6 Å². The topological polar surface area (TPSA) is 41.6 Å². The molecule has 3 aromatic rings. The zero-order valence-corrected chi connectivity index (χ0v) is 18.2. The Balaban J connectivity index is 1.74. The van der Waals surface area contributed by atoms with Gasteiger partial charge in [0.15, 0.2) is 0 Å². The molecule has 0 aliphatic carbocycles. The van der Waals surface area contributed by atoms with E-state index in [0.29, 0.717) is 15.0 Å². The quantitative estimate of drug-likeness (QED) is 0.414. The largest absolute Gasteiger partial charge is 0.457 e. The normalized spacial score (nSPS) is 14.7. The Kier molecular flexibility index (Phi) is 5.88. The van der Waals surface area contributed by atoms with Crippen molar-refractivity contribution < 1.29 is 9.53 Å². The first-order valence-corrected chi connectivity index (χ1v) is 10.6. The predicted octanol–water partition coefficient (Wildman–Crippen LogP) is 5.70. The zero-order chi connectivity index (χ0) is 21.1. The lowest BCUT2D eigenvalue weighted by Gasteiger charge is -2.14. The lowest BCUT2D eigenvalue weighted by atomic mass is 10.0. The van der Waals surface area contributed by atoms with E-state index < -0.39 is 0 Å². The van der Waals surface area contributed by atoms with Crippen LogP contribution in [-0.2, 0) is 4.79 Å². The van der Waals surface area contributed by atoms with Gasteiger partial charge in [0.1, 0.15) is 15.8 Å². The van der Waals surface area contributed by atoms with E-state index >= 15 is 0 Å². The standard InChI is InChI=1S/C24H20N2O2S2/c1-26(2)19-12-10-16(11-13-19)17-8-9-18(15-22-23(27)25-24(29)30-22)21(14-17)28-20-6-4-3-5-7-20/h3-15H,1-2H3,(H,25,27,29)/b22-15-. The minimum atomic E-state index is -0.181. The molecule has 0 spiro atoms. The van der Waals surface area contributed by atoms with Gasteiger partial charge in [0.25, 0.3) is 5.91 Å². The highest BCUT2D eigenvalue weighted by Crippen LogP contribution is 2.35. The van der Waals surface area contributed by atoms with E-state index in [1.165, 1.54) is 11.8 Å². The maximum atomic E-state index is 12.1. The summed E-state index contributed by atoms with van der Waals surface area (Å²) in [6.07, 6.45) is 1.82. The second-order valence-electron chi connectivity index (χ2n) is 6.96. The molecule has 6 heteroatoms. The Labute approximate surface area is 185 Å². The van der Waals surface area contributed by atoms with Gasteiger partial charge in [-0.25, -0.2) is 0 Å². The SMILES string of the molecule is CN(C)c1ccc(-c2ccc(/C=C3\SC(=S)NC3=O)c(Oc3ccccc3)c2)cc1. The van der Waals surface area contributed by atoms with Crippen LogP contribution in [0.4, 0.5) is 5.69 Å². The Bertz CT molecular complexity index is 1120. The van der Waals surface area contributed by atoms with E-state index in [1.54, 1.807) is 0 Å². The van der Waals surface area contributed by atoms with Crippen molar-refractivity contribution in [1.29, 1.82) is 0 Å². The van der Waals surface area contributed by atoms with Crippen LogP contribution < -0.4 is 15.0 Å². The van der Waals surface area contributed by atoms with Crippen LogP contribution in [0, 0.1) is 0 Å². The number of rotatable bonds is 5. The van der Waals surface area contributed by atoms with Gasteiger partial charge in [-0.2, -0.15) is 0 Å². The summed E-state index contributed by atoms with van der Waals surface area (Å²) in [5.41, 5.74) is 4.08. The van der Waals surface area contributed by atoms with Crippen LogP contribution in [0.5, 0.6) is 11.5 Å². The molecule has 1 aliphatic rings. The van der Waals surface area contributed by atoms with Gasteiger partial charge < -0.3 is 15.0 Å². The van der Waals surface area contributed by atoms with Crippen LogP contribution in [0.3, 0.4) is 0 Å². The molecule has 1 aliphatic heterocycles. The smallest absolute Gasteiger partial charge is 0.263 e. The maximum absolute atomic E-state index is 12.1. The molecule has 4 rings (SSSR count). The van der Waals surface area contributed by atoms with Crippen molar-refractivity contribution in [1.82, 2.24) is 5.32 Å². The van der Waals surface area contributed by atoms with Crippen molar-refractivity contribution in [2.45, 2.75) is 0 Å². The molecule has 30 heavy (non-hydrogen) atoms. The number of amides is 1. The first-order valence-electron chi connectivity index (χ1n) is 9.39. The van der Waals surface area contributed by atoms with Gasteiger partial charge in [0, 0.05) is 25.3 Å². The molecule has 1 fully saturated rings. The Morgan fingerprint density at radius 2 is 1.67 bits per heavy atom.